The van der Waals surface area contributed by atoms with E-state index < -0.39 is 10.0 Å². The van der Waals surface area contributed by atoms with Crippen LogP contribution in [-0.4, -0.2) is 19.6 Å². The summed E-state index contributed by atoms with van der Waals surface area (Å²) in [6, 6.07) is 15.5. The molecule has 0 saturated carbocycles. The number of aryl methyl sites for hydroxylation is 1. The van der Waals surface area contributed by atoms with E-state index in [-0.39, 0.29) is 15.4 Å². The third kappa shape index (κ3) is 5.76. The Hall–Kier alpha value is -2.00. The van der Waals surface area contributed by atoms with E-state index in [9.17, 15) is 13.2 Å². The van der Waals surface area contributed by atoms with E-state index in [1.807, 2.05) is 19.9 Å². The topological polar surface area (TPSA) is 75.3 Å². The number of sulfonamides is 1. The highest BCUT2D eigenvalue weighted by Gasteiger charge is 2.17. The molecule has 0 aliphatic carbocycles. The highest BCUT2D eigenvalue weighted by Crippen LogP contribution is 2.28. The summed E-state index contributed by atoms with van der Waals surface area (Å²) < 4.78 is 27.4. The molecule has 0 spiro atoms. The zero-order valence-corrected chi connectivity index (χ0v) is 18.9. The van der Waals surface area contributed by atoms with Crippen molar-refractivity contribution in [3.05, 3.63) is 70.6 Å². The normalized spacial score (nSPS) is 12.4. The van der Waals surface area contributed by atoms with Crippen LogP contribution in [-0.2, 0) is 14.8 Å². The van der Waals surface area contributed by atoms with Crippen LogP contribution in [0.2, 0.25) is 5.02 Å². The number of rotatable bonds is 7. The number of nitrogens with one attached hydrogen (secondary N) is 2. The fraction of sp³-hybridized carbons (Fsp3) is 0.150. The predicted molar refractivity (Wildman–Crippen MR) is 122 cm³/mol. The van der Waals surface area contributed by atoms with Gasteiger partial charge in [0.25, 0.3) is 10.0 Å². The van der Waals surface area contributed by atoms with Crippen LogP contribution in [0.3, 0.4) is 0 Å². The lowest BCUT2D eigenvalue weighted by atomic mass is 10.2. The average molecular weight is 467 g/mol. The van der Waals surface area contributed by atoms with E-state index in [0.717, 1.165) is 21.8 Å². The summed E-state index contributed by atoms with van der Waals surface area (Å²) in [5.74, 6) is -0.136. The molecule has 1 atom stereocenters. The van der Waals surface area contributed by atoms with Crippen molar-refractivity contribution in [2.75, 3.05) is 10.0 Å². The lowest BCUT2D eigenvalue weighted by Gasteiger charge is -2.14. The molecule has 152 valence electrons. The van der Waals surface area contributed by atoms with Gasteiger partial charge in [0, 0.05) is 21.3 Å². The number of benzene rings is 2. The summed E-state index contributed by atoms with van der Waals surface area (Å²) in [4.78, 5) is 13.4. The van der Waals surface area contributed by atoms with Gasteiger partial charge in [0.05, 0.1) is 5.25 Å². The lowest BCUT2D eigenvalue weighted by Crippen LogP contribution is -2.22. The summed E-state index contributed by atoms with van der Waals surface area (Å²) in [6.45, 7) is 3.72. The van der Waals surface area contributed by atoms with Crippen LogP contribution in [0.5, 0.6) is 0 Å². The molecular weight excluding hydrogens is 448 g/mol. The molecule has 1 heterocycles. The summed E-state index contributed by atoms with van der Waals surface area (Å²) in [5, 5.41) is 4.82. The number of hydrogen-bond donors (Lipinski definition) is 2. The van der Waals surface area contributed by atoms with Crippen LogP contribution in [0, 0.1) is 6.92 Å². The number of anilines is 2. The Morgan fingerprint density at radius 3 is 2.52 bits per heavy atom. The molecule has 1 aromatic heterocycles. The Labute approximate surface area is 183 Å². The Bertz CT molecular complexity index is 1100. The highest BCUT2D eigenvalue weighted by atomic mass is 35.5. The lowest BCUT2D eigenvalue weighted by molar-refractivity contribution is -0.115. The van der Waals surface area contributed by atoms with Crippen LogP contribution in [0.4, 0.5) is 11.4 Å². The third-order valence-corrected chi connectivity index (χ3v) is 8.13. The Balaban J connectivity index is 1.61. The number of carbonyl (C=O) groups excluding carboxylic acids is 1. The van der Waals surface area contributed by atoms with Crippen molar-refractivity contribution in [3.8, 4) is 0 Å². The van der Waals surface area contributed by atoms with Gasteiger partial charge in [-0.1, -0.05) is 23.7 Å². The minimum atomic E-state index is -3.57. The van der Waals surface area contributed by atoms with Gasteiger partial charge in [-0.15, -0.1) is 23.1 Å². The third-order valence-electron chi connectivity index (χ3n) is 4.01. The fourth-order valence-electron chi connectivity index (χ4n) is 2.44. The first-order chi connectivity index (χ1) is 13.7. The Morgan fingerprint density at radius 2 is 1.86 bits per heavy atom. The van der Waals surface area contributed by atoms with Crippen molar-refractivity contribution < 1.29 is 13.2 Å². The molecule has 2 N–H and O–H groups in total. The molecular formula is C20H19ClN2O3S3. The van der Waals surface area contributed by atoms with Gasteiger partial charge in [-0.3, -0.25) is 9.52 Å². The maximum atomic E-state index is 12.5. The van der Waals surface area contributed by atoms with Crippen molar-refractivity contribution in [2.24, 2.45) is 0 Å². The molecule has 5 nitrogen and oxygen atoms in total. The van der Waals surface area contributed by atoms with Crippen LogP contribution in [0.15, 0.2) is 69.1 Å². The van der Waals surface area contributed by atoms with Crippen LogP contribution in [0.25, 0.3) is 0 Å². The highest BCUT2D eigenvalue weighted by molar-refractivity contribution is 8.00. The maximum absolute atomic E-state index is 12.5. The molecule has 3 rings (SSSR count). The second kappa shape index (κ2) is 9.21. The number of carbonyl (C=O) groups is 1. The molecule has 0 saturated heterocycles. The molecule has 0 bridgehead atoms. The maximum Gasteiger partial charge on any atom is 0.271 e. The van der Waals surface area contributed by atoms with E-state index in [4.69, 9.17) is 11.6 Å². The standard InChI is InChI=1S/C20H19ClN2O3S3/c1-13-5-6-15(21)12-18(13)22-20(24)14(2)28-17-9-7-16(8-10-17)23-29(25,26)19-4-3-11-27-19/h3-12,14,23H,1-2H3,(H,22,24). The number of thioether (sulfide) groups is 1. The zero-order chi connectivity index (χ0) is 21.0. The molecule has 0 fully saturated rings. The zero-order valence-electron chi connectivity index (χ0n) is 15.7. The van der Waals surface area contributed by atoms with E-state index in [0.29, 0.717) is 16.4 Å². The van der Waals surface area contributed by atoms with Gasteiger partial charge in [0.1, 0.15) is 4.21 Å². The van der Waals surface area contributed by atoms with Crippen molar-refractivity contribution in [1.82, 2.24) is 0 Å². The first kappa shape index (κ1) is 21.7. The first-order valence-corrected chi connectivity index (χ1v) is 12.3. The predicted octanol–water partition coefficient (Wildman–Crippen LogP) is 5.63. The monoisotopic (exact) mass is 466 g/mol. The molecule has 1 unspecified atom stereocenters. The van der Waals surface area contributed by atoms with E-state index in [2.05, 4.69) is 10.0 Å². The summed E-state index contributed by atoms with van der Waals surface area (Å²) in [7, 11) is -3.57. The van der Waals surface area contributed by atoms with Gasteiger partial charge >= 0.3 is 0 Å². The van der Waals surface area contributed by atoms with Crippen LogP contribution in [0.1, 0.15) is 12.5 Å². The van der Waals surface area contributed by atoms with Gasteiger partial charge in [0.15, 0.2) is 0 Å². The van der Waals surface area contributed by atoms with Crippen molar-refractivity contribution >= 4 is 62.0 Å². The Kier molecular flexibility index (Phi) is 6.89. The molecule has 0 aliphatic heterocycles. The minimum Gasteiger partial charge on any atom is -0.325 e. The van der Waals surface area contributed by atoms with E-state index >= 15 is 0 Å². The number of thiophene rings is 1. The quantitative estimate of drug-likeness (QED) is 0.442. The number of halogens is 1. The largest absolute Gasteiger partial charge is 0.325 e. The second-order valence-corrected chi connectivity index (χ2v) is 11.0. The molecule has 1 amide bonds. The Morgan fingerprint density at radius 1 is 1.14 bits per heavy atom. The summed E-state index contributed by atoms with van der Waals surface area (Å²) in [6.07, 6.45) is 0. The molecule has 0 aliphatic rings. The molecule has 29 heavy (non-hydrogen) atoms. The van der Waals surface area contributed by atoms with Crippen molar-refractivity contribution in [1.29, 1.82) is 0 Å². The smallest absolute Gasteiger partial charge is 0.271 e. The van der Waals surface area contributed by atoms with Crippen molar-refractivity contribution in [2.45, 2.75) is 28.2 Å². The van der Waals surface area contributed by atoms with Crippen LogP contribution < -0.4 is 10.0 Å². The second-order valence-electron chi connectivity index (χ2n) is 6.27. The van der Waals surface area contributed by atoms with Crippen molar-refractivity contribution in [3.63, 3.8) is 0 Å². The van der Waals surface area contributed by atoms with E-state index in [1.165, 1.54) is 11.8 Å². The first-order valence-electron chi connectivity index (χ1n) is 8.65. The number of amides is 1. The van der Waals surface area contributed by atoms with Gasteiger partial charge in [-0.2, -0.15) is 0 Å². The molecule has 2 aromatic carbocycles. The SMILES string of the molecule is Cc1ccc(Cl)cc1NC(=O)C(C)Sc1ccc(NS(=O)(=O)c2cccs2)cc1. The van der Waals surface area contributed by atoms with Gasteiger partial charge in [-0.05, 0) is 67.3 Å². The van der Waals surface area contributed by atoms with Gasteiger partial charge in [0.2, 0.25) is 5.91 Å². The van der Waals surface area contributed by atoms with Crippen LogP contribution >= 0.6 is 34.7 Å². The summed E-state index contributed by atoms with van der Waals surface area (Å²) >= 11 is 8.54. The molecule has 0 radical (unpaired) electrons. The molecule has 9 heteroatoms. The average Bonchev–Trinajstić information content (AvgIpc) is 3.22. The fourth-order valence-corrected chi connectivity index (χ4v) is 5.54. The van der Waals surface area contributed by atoms with Gasteiger partial charge < -0.3 is 5.32 Å². The number of hydrogen-bond acceptors (Lipinski definition) is 5. The summed E-state index contributed by atoms with van der Waals surface area (Å²) in [5.41, 5.74) is 2.09. The van der Waals surface area contributed by atoms with Gasteiger partial charge in [-0.25, -0.2) is 8.42 Å². The molecule has 3 aromatic rings. The minimum absolute atomic E-state index is 0.136. The van der Waals surface area contributed by atoms with E-state index in [1.54, 1.807) is 53.9 Å².